The van der Waals surface area contributed by atoms with E-state index in [0.29, 0.717) is 0 Å². The fraction of sp³-hybridized carbons (Fsp3) is 0.600. The van der Waals surface area contributed by atoms with Crippen LogP contribution in [0.15, 0.2) is 23.2 Å². The summed E-state index contributed by atoms with van der Waals surface area (Å²) in [5, 5.41) is 0. The average molecular weight is 478 g/mol. The van der Waals surface area contributed by atoms with Gasteiger partial charge in [0.2, 0.25) is 23.2 Å². The minimum absolute atomic E-state index is 2.04. The van der Waals surface area contributed by atoms with Gasteiger partial charge in [-0.3, -0.25) is 0 Å². The van der Waals surface area contributed by atoms with Crippen molar-refractivity contribution in [3.8, 4) is 0 Å². The topological polar surface area (TPSA) is 9.23 Å². The van der Waals surface area contributed by atoms with E-state index in [1.54, 1.807) is 0 Å². The number of rotatable bonds is 4. The SMILES string of the molecule is FC(=C(OC(=C(F)C(F)(F)F)C(F)(F)C(F)(F)F)C(F)(F)C(F)(F)F)C(F)(F)F. The molecule has 0 aromatic carbocycles. The molecule has 0 unspecified atom stereocenters. The van der Waals surface area contributed by atoms with Gasteiger partial charge < -0.3 is 4.74 Å². The lowest BCUT2D eigenvalue weighted by atomic mass is 10.2. The molecular weight excluding hydrogens is 478 g/mol. The van der Waals surface area contributed by atoms with E-state index < -0.39 is 59.7 Å². The first-order valence-corrected chi connectivity index (χ1v) is 5.81. The molecule has 19 heteroatoms. The zero-order chi connectivity index (χ0) is 24.0. The average Bonchev–Trinajstić information content (AvgIpc) is 2.41. The molecule has 0 radical (unpaired) electrons. The summed E-state index contributed by atoms with van der Waals surface area (Å²) >= 11 is 0. The molecule has 0 aliphatic heterocycles. The molecule has 0 heterocycles. The van der Waals surface area contributed by atoms with Gasteiger partial charge in [-0.05, 0) is 0 Å². The molecule has 0 aliphatic rings. The summed E-state index contributed by atoms with van der Waals surface area (Å²) in [6.07, 6.45) is -28.9. The van der Waals surface area contributed by atoms with Crippen molar-refractivity contribution in [2.24, 2.45) is 0 Å². The van der Waals surface area contributed by atoms with Crippen molar-refractivity contribution in [3.05, 3.63) is 23.2 Å². The monoisotopic (exact) mass is 478 g/mol. The second-order valence-corrected chi connectivity index (χ2v) is 4.53. The molecular formula is C10F18O. The van der Waals surface area contributed by atoms with Crippen molar-refractivity contribution in [1.29, 1.82) is 0 Å². The maximum absolute atomic E-state index is 13.0. The maximum Gasteiger partial charge on any atom is 0.461 e. The minimum Gasteiger partial charge on any atom is -0.446 e. The number of alkyl halides is 16. The van der Waals surface area contributed by atoms with E-state index in [9.17, 15) is 79.0 Å². The molecule has 0 fully saturated rings. The molecule has 0 atom stereocenters. The normalized spacial score (nSPS) is 17.0. The van der Waals surface area contributed by atoms with E-state index in [1.807, 2.05) is 4.74 Å². The highest BCUT2D eigenvalue weighted by Crippen LogP contribution is 2.51. The summed E-state index contributed by atoms with van der Waals surface area (Å²) < 4.78 is 225. The Morgan fingerprint density at radius 2 is 0.621 bits per heavy atom. The van der Waals surface area contributed by atoms with Crippen molar-refractivity contribution < 1.29 is 83.8 Å². The van der Waals surface area contributed by atoms with Gasteiger partial charge in [-0.1, -0.05) is 0 Å². The van der Waals surface area contributed by atoms with Gasteiger partial charge in [-0.15, -0.1) is 0 Å². The Kier molecular flexibility index (Phi) is 6.86. The number of ether oxygens (including phenoxy) is 1. The Bertz CT molecular complexity index is 607. The molecule has 0 saturated carbocycles. The number of hydrogen-bond donors (Lipinski definition) is 0. The fourth-order valence-electron chi connectivity index (χ4n) is 1.11. The Labute approximate surface area is 145 Å². The molecule has 0 aliphatic carbocycles. The van der Waals surface area contributed by atoms with E-state index in [0.717, 1.165) is 0 Å². The molecule has 0 N–H and O–H groups in total. The second kappa shape index (κ2) is 7.37. The quantitative estimate of drug-likeness (QED) is 0.316. The third-order valence-corrected chi connectivity index (χ3v) is 2.38. The Morgan fingerprint density at radius 1 is 0.414 bits per heavy atom. The van der Waals surface area contributed by atoms with Crippen molar-refractivity contribution >= 4 is 0 Å². The standard InChI is InChI=1S/C10F18O/c11-1(7(17,18)19)3(5(13,14)9(23,24)25)29-4(2(12)8(20,21)22)6(15,16)10(26,27)28. The van der Waals surface area contributed by atoms with Gasteiger partial charge in [-0.2, -0.15) is 79.0 Å². The highest BCUT2D eigenvalue weighted by atomic mass is 19.4. The highest BCUT2D eigenvalue weighted by Gasteiger charge is 2.69. The van der Waals surface area contributed by atoms with Crippen molar-refractivity contribution in [2.45, 2.75) is 36.6 Å². The smallest absolute Gasteiger partial charge is 0.446 e. The van der Waals surface area contributed by atoms with E-state index in [2.05, 4.69) is 0 Å². The van der Waals surface area contributed by atoms with Crippen LogP contribution in [-0.2, 0) is 4.74 Å². The molecule has 0 amide bonds. The van der Waals surface area contributed by atoms with Crippen molar-refractivity contribution in [1.82, 2.24) is 0 Å². The molecule has 0 saturated heterocycles. The van der Waals surface area contributed by atoms with Gasteiger partial charge >= 0.3 is 36.6 Å². The zero-order valence-electron chi connectivity index (χ0n) is 12.2. The molecule has 1 nitrogen and oxygen atoms in total. The van der Waals surface area contributed by atoms with Crippen LogP contribution in [0.1, 0.15) is 0 Å². The van der Waals surface area contributed by atoms with Crippen molar-refractivity contribution in [3.63, 3.8) is 0 Å². The Hall–Kier alpha value is -1.98. The predicted molar refractivity (Wildman–Crippen MR) is 51.5 cm³/mol. The van der Waals surface area contributed by atoms with Gasteiger partial charge in [0.15, 0.2) is 0 Å². The van der Waals surface area contributed by atoms with E-state index >= 15 is 0 Å². The largest absolute Gasteiger partial charge is 0.461 e. The van der Waals surface area contributed by atoms with E-state index in [1.165, 1.54) is 0 Å². The van der Waals surface area contributed by atoms with Gasteiger partial charge in [0.25, 0.3) is 0 Å². The Balaban J connectivity index is 7.18. The lowest BCUT2D eigenvalue weighted by Gasteiger charge is -2.28. The number of allylic oxidation sites excluding steroid dienone is 4. The first-order valence-electron chi connectivity index (χ1n) is 5.81. The van der Waals surface area contributed by atoms with Crippen LogP contribution in [0, 0.1) is 0 Å². The van der Waals surface area contributed by atoms with E-state index in [4.69, 9.17) is 0 Å². The number of hydrogen-bond acceptors (Lipinski definition) is 1. The van der Waals surface area contributed by atoms with Crippen LogP contribution in [0.3, 0.4) is 0 Å². The van der Waals surface area contributed by atoms with Gasteiger partial charge in [0.1, 0.15) is 0 Å². The summed E-state index contributed by atoms with van der Waals surface area (Å²) in [4.78, 5) is 0. The van der Waals surface area contributed by atoms with Crippen LogP contribution in [0.25, 0.3) is 0 Å². The minimum atomic E-state index is -7.44. The third-order valence-electron chi connectivity index (χ3n) is 2.38. The molecule has 0 spiro atoms. The summed E-state index contributed by atoms with van der Waals surface area (Å²) in [5.74, 6) is -34.3. The van der Waals surface area contributed by atoms with Gasteiger partial charge in [0.05, 0.1) is 0 Å². The predicted octanol–water partition coefficient (Wildman–Crippen LogP) is 6.89. The van der Waals surface area contributed by atoms with Gasteiger partial charge in [0, 0.05) is 0 Å². The summed E-state index contributed by atoms with van der Waals surface area (Å²) in [6.45, 7) is 0. The van der Waals surface area contributed by atoms with Crippen LogP contribution in [0.2, 0.25) is 0 Å². The van der Waals surface area contributed by atoms with Crippen LogP contribution in [0.5, 0.6) is 0 Å². The third kappa shape index (κ3) is 5.55. The lowest BCUT2D eigenvalue weighted by Crippen LogP contribution is -2.45. The summed E-state index contributed by atoms with van der Waals surface area (Å²) in [6, 6.07) is 0. The molecule has 0 rings (SSSR count). The zero-order valence-corrected chi connectivity index (χ0v) is 12.2. The highest BCUT2D eigenvalue weighted by molar-refractivity contribution is 5.24. The fourth-order valence-corrected chi connectivity index (χ4v) is 1.11. The Morgan fingerprint density at radius 3 is 0.759 bits per heavy atom. The van der Waals surface area contributed by atoms with Crippen LogP contribution in [-0.4, -0.2) is 36.6 Å². The number of halogens is 18. The summed E-state index contributed by atoms with van der Waals surface area (Å²) in [7, 11) is 0. The molecule has 29 heavy (non-hydrogen) atoms. The lowest BCUT2D eigenvalue weighted by molar-refractivity contribution is -0.294. The molecule has 172 valence electrons. The molecule has 0 bridgehead atoms. The van der Waals surface area contributed by atoms with Crippen molar-refractivity contribution in [2.75, 3.05) is 0 Å². The molecule has 0 aromatic rings. The van der Waals surface area contributed by atoms with E-state index in [-0.39, 0.29) is 0 Å². The maximum atomic E-state index is 13.0. The summed E-state index contributed by atoms with van der Waals surface area (Å²) in [5.41, 5.74) is 0. The second-order valence-electron chi connectivity index (χ2n) is 4.53. The first-order chi connectivity index (χ1) is 12.3. The van der Waals surface area contributed by atoms with Gasteiger partial charge in [-0.25, -0.2) is 0 Å². The first kappa shape index (κ1) is 27.0. The van der Waals surface area contributed by atoms with Crippen LogP contribution < -0.4 is 0 Å². The van der Waals surface area contributed by atoms with Crippen LogP contribution >= 0.6 is 0 Å². The van der Waals surface area contributed by atoms with Crippen LogP contribution in [0.4, 0.5) is 79.0 Å². The molecule has 0 aromatic heterocycles.